The lowest BCUT2D eigenvalue weighted by Gasteiger charge is -2.46. The van der Waals surface area contributed by atoms with E-state index in [4.69, 9.17) is 9.72 Å². The molecule has 5 nitrogen and oxygen atoms in total. The first-order chi connectivity index (χ1) is 14.6. The number of nitrogens with zero attached hydrogens (tertiary/aromatic N) is 3. The molecule has 2 fully saturated rings. The highest BCUT2D eigenvalue weighted by molar-refractivity contribution is 5.21. The Labute approximate surface area is 180 Å². The summed E-state index contributed by atoms with van der Waals surface area (Å²) in [6.07, 6.45) is 13.4. The molecule has 5 rings (SSSR count). The molecule has 1 saturated heterocycles. The average molecular weight is 409 g/mol. The van der Waals surface area contributed by atoms with E-state index in [1.165, 1.54) is 37.1 Å². The zero-order valence-electron chi connectivity index (χ0n) is 18.5. The van der Waals surface area contributed by atoms with Gasteiger partial charge in [-0.1, -0.05) is 32.8 Å². The van der Waals surface area contributed by atoms with Gasteiger partial charge in [0.1, 0.15) is 0 Å². The maximum atomic E-state index is 6.40. The molecule has 30 heavy (non-hydrogen) atoms. The third-order valence-electron chi connectivity index (χ3n) is 7.99. The molecule has 0 bridgehead atoms. The number of fused-ring (bicyclic) bond motifs is 1. The van der Waals surface area contributed by atoms with Crippen LogP contribution in [0, 0.1) is 5.92 Å². The van der Waals surface area contributed by atoms with Crippen molar-refractivity contribution >= 4 is 0 Å². The van der Waals surface area contributed by atoms with Gasteiger partial charge in [0.2, 0.25) is 0 Å². The molecular formula is C25H36N4O. The minimum atomic E-state index is 0.0878. The molecule has 2 aromatic rings. The van der Waals surface area contributed by atoms with Crippen LogP contribution in [-0.4, -0.2) is 33.5 Å². The third kappa shape index (κ3) is 3.60. The lowest BCUT2D eigenvalue weighted by molar-refractivity contribution is -0.104. The van der Waals surface area contributed by atoms with Gasteiger partial charge in [0, 0.05) is 30.1 Å². The van der Waals surface area contributed by atoms with Gasteiger partial charge < -0.3 is 10.1 Å². The van der Waals surface area contributed by atoms with Crippen molar-refractivity contribution < 1.29 is 4.74 Å². The first-order valence-electron chi connectivity index (χ1n) is 11.9. The van der Waals surface area contributed by atoms with E-state index < -0.39 is 0 Å². The van der Waals surface area contributed by atoms with Crippen LogP contribution in [0.1, 0.15) is 88.7 Å². The maximum Gasteiger partial charge on any atom is 0.0691 e. The van der Waals surface area contributed by atoms with Gasteiger partial charge in [-0.2, -0.15) is 5.10 Å². The molecule has 5 heteroatoms. The Morgan fingerprint density at radius 1 is 1.17 bits per heavy atom. The van der Waals surface area contributed by atoms with Crippen molar-refractivity contribution in [3.05, 3.63) is 48.0 Å². The second-order valence-corrected chi connectivity index (χ2v) is 10.2. The van der Waals surface area contributed by atoms with E-state index in [-0.39, 0.29) is 11.0 Å². The molecule has 3 aliphatic rings. The molecule has 3 atom stereocenters. The summed E-state index contributed by atoms with van der Waals surface area (Å²) in [6.45, 7) is 6.48. The van der Waals surface area contributed by atoms with Gasteiger partial charge in [-0.3, -0.25) is 9.67 Å². The van der Waals surface area contributed by atoms with Crippen LogP contribution in [0.2, 0.25) is 0 Å². The molecule has 0 aromatic carbocycles. The van der Waals surface area contributed by atoms with Gasteiger partial charge in [-0.05, 0) is 69.2 Å². The summed E-state index contributed by atoms with van der Waals surface area (Å²) in [5, 5.41) is 8.51. The van der Waals surface area contributed by atoms with Crippen LogP contribution in [0.3, 0.4) is 0 Å². The minimum Gasteiger partial charge on any atom is -0.375 e. The number of ether oxygens (including phenoxy) is 1. The van der Waals surface area contributed by atoms with Crippen LogP contribution in [0.15, 0.2) is 36.7 Å². The first kappa shape index (κ1) is 20.2. The summed E-state index contributed by atoms with van der Waals surface area (Å²) >= 11 is 0. The number of nitrogens with one attached hydrogen (secondary N) is 1. The summed E-state index contributed by atoms with van der Waals surface area (Å²) in [6, 6.07) is 9.52. The molecule has 1 aliphatic carbocycles. The Morgan fingerprint density at radius 3 is 2.80 bits per heavy atom. The molecule has 2 aromatic heterocycles. The van der Waals surface area contributed by atoms with Gasteiger partial charge in [0.15, 0.2) is 0 Å². The van der Waals surface area contributed by atoms with Crippen molar-refractivity contribution in [1.82, 2.24) is 20.1 Å². The lowest BCUT2D eigenvalue weighted by Crippen LogP contribution is -2.47. The van der Waals surface area contributed by atoms with Gasteiger partial charge in [0.25, 0.3) is 0 Å². The van der Waals surface area contributed by atoms with Crippen molar-refractivity contribution in [3.63, 3.8) is 0 Å². The predicted octanol–water partition coefficient (Wildman–Crippen LogP) is 4.96. The van der Waals surface area contributed by atoms with E-state index in [1.807, 2.05) is 18.5 Å². The molecule has 162 valence electrons. The Bertz CT molecular complexity index is 842. The van der Waals surface area contributed by atoms with E-state index in [9.17, 15) is 0 Å². The zero-order chi connectivity index (χ0) is 20.6. The highest BCUT2D eigenvalue weighted by Crippen LogP contribution is 2.49. The largest absolute Gasteiger partial charge is 0.375 e. The third-order valence-corrected chi connectivity index (χ3v) is 7.99. The Balaban J connectivity index is 1.32. The van der Waals surface area contributed by atoms with Crippen LogP contribution in [0.5, 0.6) is 0 Å². The van der Waals surface area contributed by atoms with Gasteiger partial charge >= 0.3 is 0 Å². The fourth-order valence-corrected chi connectivity index (χ4v) is 6.36. The molecular weight excluding hydrogens is 372 g/mol. The normalized spacial score (nSPS) is 30.2. The van der Waals surface area contributed by atoms with Gasteiger partial charge in [0.05, 0.1) is 23.4 Å². The summed E-state index contributed by atoms with van der Waals surface area (Å²) in [5.74, 6) is 0.605. The van der Waals surface area contributed by atoms with Gasteiger partial charge in [-0.15, -0.1) is 0 Å². The molecule has 1 spiro atoms. The molecule has 0 amide bonds. The smallest absolute Gasteiger partial charge is 0.0691 e. The standard InChI is InChI=1S/C25H36N4O/c1-19(2)22-17-20(21-8-14-28-29(21)22)26-15-11-24(23-7-3-6-13-27-23)12-16-30-25(18-24)9-4-5-10-25/h3,6-8,13-14,19-20,22,26H,4-5,9-12,15-18H2,1-2H3/t20-,22-,24+/m0/s1. The lowest BCUT2D eigenvalue weighted by atomic mass is 9.68. The van der Waals surface area contributed by atoms with Crippen LogP contribution >= 0.6 is 0 Å². The van der Waals surface area contributed by atoms with Crippen molar-refractivity contribution in [2.45, 2.75) is 88.3 Å². The quantitative estimate of drug-likeness (QED) is 0.734. The van der Waals surface area contributed by atoms with E-state index in [0.717, 1.165) is 38.8 Å². The fraction of sp³-hybridized carbons (Fsp3) is 0.680. The molecule has 4 heterocycles. The van der Waals surface area contributed by atoms with Gasteiger partial charge in [-0.25, -0.2) is 0 Å². The highest BCUT2D eigenvalue weighted by Gasteiger charge is 2.48. The second kappa shape index (κ2) is 8.08. The van der Waals surface area contributed by atoms with Crippen LogP contribution < -0.4 is 5.32 Å². The van der Waals surface area contributed by atoms with Crippen LogP contribution in [0.4, 0.5) is 0 Å². The fourth-order valence-electron chi connectivity index (χ4n) is 6.36. The van der Waals surface area contributed by atoms with E-state index in [1.54, 1.807) is 0 Å². The van der Waals surface area contributed by atoms with E-state index >= 15 is 0 Å². The predicted molar refractivity (Wildman–Crippen MR) is 118 cm³/mol. The molecule has 2 aliphatic heterocycles. The van der Waals surface area contributed by atoms with Crippen LogP contribution in [-0.2, 0) is 10.2 Å². The van der Waals surface area contributed by atoms with E-state index in [2.05, 4.69) is 47.1 Å². The number of rotatable bonds is 6. The monoisotopic (exact) mass is 408 g/mol. The summed E-state index contributed by atoms with van der Waals surface area (Å²) < 4.78 is 8.65. The highest BCUT2D eigenvalue weighted by atomic mass is 16.5. The van der Waals surface area contributed by atoms with Crippen molar-refractivity contribution in [2.75, 3.05) is 13.2 Å². The Hall–Kier alpha value is -1.72. The molecule has 1 saturated carbocycles. The van der Waals surface area contributed by atoms with Crippen molar-refractivity contribution in [3.8, 4) is 0 Å². The maximum absolute atomic E-state index is 6.40. The Kier molecular flexibility index (Phi) is 5.44. The number of hydrogen-bond acceptors (Lipinski definition) is 4. The molecule has 1 N–H and O–H groups in total. The average Bonchev–Trinajstić information content (AvgIpc) is 3.47. The summed E-state index contributed by atoms with van der Waals surface area (Å²) in [4.78, 5) is 4.85. The van der Waals surface area contributed by atoms with Crippen molar-refractivity contribution in [2.24, 2.45) is 5.92 Å². The minimum absolute atomic E-state index is 0.0878. The topological polar surface area (TPSA) is 52.0 Å². The first-order valence-corrected chi connectivity index (χ1v) is 11.9. The molecule has 0 unspecified atom stereocenters. The van der Waals surface area contributed by atoms with Crippen molar-refractivity contribution in [1.29, 1.82) is 0 Å². The number of pyridine rings is 1. The number of hydrogen-bond donors (Lipinski definition) is 1. The van der Waals surface area contributed by atoms with E-state index in [0.29, 0.717) is 18.0 Å². The Morgan fingerprint density at radius 2 is 2.03 bits per heavy atom. The molecule has 0 radical (unpaired) electrons. The second-order valence-electron chi connectivity index (χ2n) is 10.2. The summed E-state index contributed by atoms with van der Waals surface area (Å²) in [5.41, 5.74) is 2.81. The SMILES string of the molecule is CC(C)[C@@H]1C[C@H](NCC[C@@]2(c3ccccn3)CCOC3(CCCC3)C2)c2ccnn21. The summed E-state index contributed by atoms with van der Waals surface area (Å²) in [7, 11) is 0. The number of aromatic nitrogens is 3. The zero-order valence-corrected chi connectivity index (χ0v) is 18.5. The van der Waals surface area contributed by atoms with Crippen LogP contribution in [0.25, 0.3) is 0 Å².